The zero-order valence-corrected chi connectivity index (χ0v) is 12.0. The molecule has 0 spiro atoms. The van der Waals surface area contributed by atoms with Gasteiger partial charge in [0.15, 0.2) is 0 Å². The SMILES string of the molecule is CCN(C(=O)c1ccc(OC)c(N)c1)C(C)COC. The molecule has 0 aliphatic carbocycles. The summed E-state index contributed by atoms with van der Waals surface area (Å²) in [4.78, 5) is 14.2. The first kappa shape index (κ1) is 15.3. The van der Waals surface area contributed by atoms with Crippen molar-refractivity contribution in [3.63, 3.8) is 0 Å². The molecule has 1 amide bonds. The molecule has 0 aromatic heterocycles. The second kappa shape index (κ2) is 6.99. The summed E-state index contributed by atoms with van der Waals surface area (Å²) in [5, 5.41) is 0. The van der Waals surface area contributed by atoms with E-state index in [4.69, 9.17) is 15.2 Å². The molecule has 1 aromatic rings. The van der Waals surface area contributed by atoms with Crippen LogP contribution >= 0.6 is 0 Å². The third-order valence-electron chi connectivity index (χ3n) is 3.02. The van der Waals surface area contributed by atoms with Crippen molar-refractivity contribution in [2.75, 3.05) is 33.1 Å². The molecule has 0 radical (unpaired) electrons. The Morgan fingerprint density at radius 3 is 2.58 bits per heavy atom. The summed E-state index contributed by atoms with van der Waals surface area (Å²) in [5.74, 6) is 0.519. The van der Waals surface area contributed by atoms with Gasteiger partial charge in [0.2, 0.25) is 0 Å². The minimum absolute atomic E-state index is 0.0193. The Balaban J connectivity index is 2.94. The maximum Gasteiger partial charge on any atom is 0.254 e. The highest BCUT2D eigenvalue weighted by atomic mass is 16.5. The van der Waals surface area contributed by atoms with Crippen molar-refractivity contribution < 1.29 is 14.3 Å². The number of benzene rings is 1. The number of hydrogen-bond donors (Lipinski definition) is 1. The molecule has 0 aliphatic rings. The lowest BCUT2D eigenvalue weighted by molar-refractivity contribution is 0.0579. The Kier molecular flexibility index (Phi) is 5.63. The van der Waals surface area contributed by atoms with Gasteiger partial charge in [-0.25, -0.2) is 0 Å². The van der Waals surface area contributed by atoms with Crippen LogP contribution in [0.5, 0.6) is 5.75 Å². The number of anilines is 1. The van der Waals surface area contributed by atoms with Gasteiger partial charge in [0.25, 0.3) is 5.91 Å². The van der Waals surface area contributed by atoms with Crippen molar-refractivity contribution in [2.45, 2.75) is 19.9 Å². The van der Waals surface area contributed by atoms with Crippen LogP contribution in [-0.4, -0.2) is 44.2 Å². The summed E-state index contributed by atoms with van der Waals surface area (Å²) >= 11 is 0. The van der Waals surface area contributed by atoms with Crippen molar-refractivity contribution in [3.8, 4) is 5.75 Å². The van der Waals surface area contributed by atoms with Gasteiger partial charge in [0.05, 0.1) is 25.4 Å². The normalized spacial score (nSPS) is 12.0. The van der Waals surface area contributed by atoms with Gasteiger partial charge in [-0.05, 0) is 32.0 Å². The van der Waals surface area contributed by atoms with Crippen molar-refractivity contribution in [2.24, 2.45) is 0 Å². The number of nitrogens with two attached hydrogens (primary N) is 1. The number of amides is 1. The predicted octanol–water partition coefficient (Wildman–Crippen LogP) is 1.77. The van der Waals surface area contributed by atoms with Crippen LogP contribution < -0.4 is 10.5 Å². The number of methoxy groups -OCH3 is 2. The van der Waals surface area contributed by atoms with Gasteiger partial charge in [-0.15, -0.1) is 0 Å². The number of nitrogen functional groups attached to an aromatic ring is 1. The van der Waals surface area contributed by atoms with E-state index in [9.17, 15) is 4.79 Å². The number of hydrogen-bond acceptors (Lipinski definition) is 4. The average Bonchev–Trinajstić information content (AvgIpc) is 2.39. The van der Waals surface area contributed by atoms with E-state index in [1.54, 1.807) is 37.3 Å². The molecular formula is C14H22N2O3. The van der Waals surface area contributed by atoms with Crippen LogP contribution in [0.3, 0.4) is 0 Å². The minimum atomic E-state index is -0.0543. The van der Waals surface area contributed by atoms with Crippen LogP contribution in [-0.2, 0) is 4.74 Å². The van der Waals surface area contributed by atoms with Crippen LogP contribution in [0.1, 0.15) is 24.2 Å². The van der Waals surface area contributed by atoms with E-state index in [0.29, 0.717) is 30.2 Å². The number of ether oxygens (including phenoxy) is 2. The van der Waals surface area contributed by atoms with Crippen LogP contribution in [0.4, 0.5) is 5.69 Å². The molecule has 0 saturated carbocycles. The van der Waals surface area contributed by atoms with E-state index < -0.39 is 0 Å². The van der Waals surface area contributed by atoms with E-state index in [1.807, 2.05) is 13.8 Å². The van der Waals surface area contributed by atoms with E-state index in [1.165, 1.54) is 0 Å². The topological polar surface area (TPSA) is 64.8 Å². The number of carbonyl (C=O) groups excluding carboxylic acids is 1. The first-order chi connectivity index (χ1) is 9.04. The number of nitrogens with zero attached hydrogens (tertiary/aromatic N) is 1. The molecule has 0 saturated heterocycles. The Morgan fingerprint density at radius 2 is 2.11 bits per heavy atom. The molecule has 1 atom stereocenters. The molecule has 2 N–H and O–H groups in total. The smallest absolute Gasteiger partial charge is 0.254 e. The second-order valence-corrected chi connectivity index (χ2v) is 4.35. The molecule has 5 nitrogen and oxygen atoms in total. The highest BCUT2D eigenvalue weighted by molar-refractivity contribution is 5.95. The predicted molar refractivity (Wildman–Crippen MR) is 75.5 cm³/mol. The summed E-state index contributed by atoms with van der Waals surface area (Å²) in [6.45, 7) is 5.02. The molecule has 0 aliphatic heterocycles. The van der Waals surface area contributed by atoms with Crippen molar-refractivity contribution >= 4 is 11.6 Å². The van der Waals surface area contributed by atoms with Crippen molar-refractivity contribution in [1.29, 1.82) is 0 Å². The Bertz CT molecular complexity index is 435. The molecular weight excluding hydrogens is 244 g/mol. The fraction of sp³-hybridized carbons (Fsp3) is 0.500. The minimum Gasteiger partial charge on any atom is -0.495 e. The molecule has 19 heavy (non-hydrogen) atoms. The molecule has 0 fully saturated rings. The van der Waals surface area contributed by atoms with E-state index >= 15 is 0 Å². The molecule has 0 bridgehead atoms. The Hall–Kier alpha value is -1.75. The van der Waals surface area contributed by atoms with Gasteiger partial charge < -0.3 is 20.1 Å². The first-order valence-electron chi connectivity index (χ1n) is 6.28. The third-order valence-corrected chi connectivity index (χ3v) is 3.02. The lowest BCUT2D eigenvalue weighted by Crippen LogP contribution is -2.40. The summed E-state index contributed by atoms with van der Waals surface area (Å²) in [5.41, 5.74) is 6.85. The first-order valence-corrected chi connectivity index (χ1v) is 6.28. The highest BCUT2D eigenvalue weighted by Gasteiger charge is 2.20. The van der Waals surface area contributed by atoms with Gasteiger partial charge in [0, 0.05) is 19.2 Å². The van der Waals surface area contributed by atoms with Crippen molar-refractivity contribution in [1.82, 2.24) is 4.90 Å². The fourth-order valence-electron chi connectivity index (χ4n) is 2.02. The maximum atomic E-state index is 12.4. The maximum absolute atomic E-state index is 12.4. The van der Waals surface area contributed by atoms with Crippen LogP contribution in [0, 0.1) is 0 Å². The number of likely N-dealkylation sites (N-methyl/N-ethyl adjacent to an activating group) is 1. The lowest BCUT2D eigenvalue weighted by Gasteiger charge is -2.27. The van der Waals surface area contributed by atoms with Crippen LogP contribution in [0.2, 0.25) is 0 Å². The largest absolute Gasteiger partial charge is 0.495 e. The zero-order chi connectivity index (χ0) is 14.4. The van der Waals surface area contributed by atoms with E-state index in [0.717, 1.165) is 0 Å². The van der Waals surface area contributed by atoms with E-state index in [-0.39, 0.29) is 11.9 Å². The zero-order valence-electron chi connectivity index (χ0n) is 12.0. The number of rotatable bonds is 6. The quantitative estimate of drug-likeness (QED) is 0.797. The highest BCUT2D eigenvalue weighted by Crippen LogP contribution is 2.23. The third kappa shape index (κ3) is 3.61. The van der Waals surface area contributed by atoms with Gasteiger partial charge >= 0.3 is 0 Å². The average molecular weight is 266 g/mol. The Morgan fingerprint density at radius 1 is 1.42 bits per heavy atom. The summed E-state index contributed by atoms with van der Waals surface area (Å²) in [7, 11) is 3.17. The lowest BCUT2D eigenvalue weighted by atomic mass is 10.1. The van der Waals surface area contributed by atoms with Gasteiger partial charge in [-0.1, -0.05) is 0 Å². The summed E-state index contributed by atoms with van der Waals surface area (Å²) in [6, 6.07) is 5.09. The van der Waals surface area contributed by atoms with Crippen LogP contribution in [0.15, 0.2) is 18.2 Å². The Labute approximate surface area is 114 Å². The standard InChI is InChI=1S/C14H22N2O3/c1-5-16(10(2)9-18-3)14(17)11-6-7-13(19-4)12(15)8-11/h6-8,10H,5,9,15H2,1-4H3. The van der Waals surface area contributed by atoms with Gasteiger partial charge in [0.1, 0.15) is 5.75 Å². The number of carbonyl (C=O) groups is 1. The summed E-state index contributed by atoms with van der Waals surface area (Å²) < 4.78 is 10.2. The van der Waals surface area contributed by atoms with Gasteiger partial charge in [-0.3, -0.25) is 4.79 Å². The molecule has 1 rings (SSSR count). The fourth-order valence-corrected chi connectivity index (χ4v) is 2.02. The van der Waals surface area contributed by atoms with E-state index in [2.05, 4.69) is 0 Å². The molecule has 1 unspecified atom stereocenters. The molecule has 0 heterocycles. The molecule has 5 heteroatoms. The molecule has 106 valence electrons. The molecule has 1 aromatic carbocycles. The van der Waals surface area contributed by atoms with Crippen molar-refractivity contribution in [3.05, 3.63) is 23.8 Å². The second-order valence-electron chi connectivity index (χ2n) is 4.35. The van der Waals surface area contributed by atoms with Gasteiger partial charge in [-0.2, -0.15) is 0 Å². The van der Waals surface area contributed by atoms with Crippen LogP contribution in [0.25, 0.3) is 0 Å². The monoisotopic (exact) mass is 266 g/mol. The summed E-state index contributed by atoms with van der Waals surface area (Å²) in [6.07, 6.45) is 0.